The van der Waals surface area contributed by atoms with Crippen LogP contribution in [0.4, 0.5) is 0 Å². The highest BCUT2D eigenvalue weighted by atomic mass is 79.9. The lowest BCUT2D eigenvalue weighted by Crippen LogP contribution is -2.03. The average Bonchev–Trinajstić information content (AvgIpc) is 2.32. The number of aromatic nitrogens is 1. The summed E-state index contributed by atoms with van der Waals surface area (Å²) in [6, 6.07) is 9.67. The maximum Gasteiger partial charge on any atom is 0.122 e. The second-order valence-electron chi connectivity index (χ2n) is 4.12. The van der Waals surface area contributed by atoms with E-state index in [2.05, 4.69) is 27.8 Å². The molecule has 0 aliphatic heterocycles. The molecule has 3 heteroatoms. The molecule has 0 amide bonds. The minimum Gasteiger partial charge on any atom is -0.382 e. The molecule has 1 heterocycles. The molecule has 17 heavy (non-hydrogen) atoms. The van der Waals surface area contributed by atoms with Gasteiger partial charge in [-0.15, -0.1) is 0 Å². The van der Waals surface area contributed by atoms with Crippen molar-refractivity contribution in [3.63, 3.8) is 0 Å². The molecule has 2 aromatic rings. The first-order valence-electron chi connectivity index (χ1n) is 5.45. The number of hydrogen-bond donors (Lipinski definition) is 1. The fourth-order valence-corrected chi connectivity index (χ4v) is 2.16. The fraction of sp³-hybridized carbons (Fsp3) is 0.214. The molecule has 1 atom stereocenters. The van der Waals surface area contributed by atoms with Crippen molar-refractivity contribution < 1.29 is 5.11 Å². The van der Waals surface area contributed by atoms with Crippen molar-refractivity contribution in [2.45, 2.75) is 20.0 Å². The zero-order valence-electron chi connectivity index (χ0n) is 9.81. The van der Waals surface area contributed by atoms with Gasteiger partial charge in [-0.1, -0.05) is 18.2 Å². The van der Waals surface area contributed by atoms with Crippen molar-refractivity contribution in [3.05, 3.63) is 63.4 Å². The molecule has 0 fully saturated rings. The summed E-state index contributed by atoms with van der Waals surface area (Å²) in [6.45, 7) is 4.10. The van der Waals surface area contributed by atoms with Crippen molar-refractivity contribution in [1.29, 1.82) is 0 Å². The number of hydrogen-bond acceptors (Lipinski definition) is 2. The van der Waals surface area contributed by atoms with E-state index in [1.54, 1.807) is 6.20 Å². The summed E-state index contributed by atoms with van der Waals surface area (Å²) in [4.78, 5) is 4.21. The molecule has 1 N–H and O–H groups in total. The smallest absolute Gasteiger partial charge is 0.122 e. The topological polar surface area (TPSA) is 33.1 Å². The molecule has 1 unspecified atom stereocenters. The standard InChI is InChI=1S/C14H14BrNO/c1-9-5-6-11(8-10(9)2)14(17)13-12(15)4-3-7-16-13/h3-8,14,17H,1-2H3. The monoisotopic (exact) mass is 291 g/mol. The zero-order valence-corrected chi connectivity index (χ0v) is 11.4. The van der Waals surface area contributed by atoms with E-state index in [9.17, 15) is 5.11 Å². The summed E-state index contributed by atoms with van der Waals surface area (Å²) in [5, 5.41) is 10.3. The molecular formula is C14H14BrNO. The molecule has 2 nitrogen and oxygen atoms in total. The third-order valence-corrected chi connectivity index (χ3v) is 3.56. The maximum absolute atomic E-state index is 10.3. The Kier molecular flexibility index (Phi) is 3.60. The van der Waals surface area contributed by atoms with Crippen LogP contribution in [-0.4, -0.2) is 10.1 Å². The van der Waals surface area contributed by atoms with Gasteiger partial charge in [0.1, 0.15) is 6.10 Å². The number of aliphatic hydroxyl groups excluding tert-OH is 1. The molecule has 88 valence electrons. The van der Waals surface area contributed by atoms with E-state index in [0.717, 1.165) is 10.0 Å². The maximum atomic E-state index is 10.3. The lowest BCUT2D eigenvalue weighted by molar-refractivity contribution is 0.214. The molecule has 1 aromatic heterocycles. The van der Waals surface area contributed by atoms with Crippen LogP contribution in [0.15, 0.2) is 41.0 Å². The van der Waals surface area contributed by atoms with Crippen LogP contribution >= 0.6 is 15.9 Å². The highest BCUT2D eigenvalue weighted by Gasteiger charge is 2.15. The van der Waals surface area contributed by atoms with Crippen LogP contribution in [0.3, 0.4) is 0 Å². The van der Waals surface area contributed by atoms with Crippen molar-refractivity contribution in [2.75, 3.05) is 0 Å². The van der Waals surface area contributed by atoms with Crippen molar-refractivity contribution in [2.24, 2.45) is 0 Å². The summed E-state index contributed by atoms with van der Waals surface area (Å²) < 4.78 is 0.825. The van der Waals surface area contributed by atoms with Crippen molar-refractivity contribution >= 4 is 15.9 Å². The fourth-order valence-electron chi connectivity index (χ4n) is 1.69. The van der Waals surface area contributed by atoms with E-state index >= 15 is 0 Å². The van der Waals surface area contributed by atoms with Crippen LogP contribution in [0.25, 0.3) is 0 Å². The second-order valence-corrected chi connectivity index (χ2v) is 4.97. The number of rotatable bonds is 2. The predicted molar refractivity (Wildman–Crippen MR) is 71.9 cm³/mol. The molecule has 0 bridgehead atoms. The van der Waals surface area contributed by atoms with Gasteiger partial charge in [0, 0.05) is 10.7 Å². The van der Waals surface area contributed by atoms with Gasteiger partial charge in [0.2, 0.25) is 0 Å². The quantitative estimate of drug-likeness (QED) is 0.918. The van der Waals surface area contributed by atoms with Gasteiger partial charge in [0.05, 0.1) is 5.69 Å². The number of benzene rings is 1. The van der Waals surface area contributed by atoms with Crippen LogP contribution < -0.4 is 0 Å². The van der Waals surface area contributed by atoms with E-state index < -0.39 is 6.10 Å². The summed E-state index contributed by atoms with van der Waals surface area (Å²) in [7, 11) is 0. The molecule has 2 rings (SSSR count). The third kappa shape index (κ3) is 2.56. The van der Waals surface area contributed by atoms with Gasteiger partial charge in [-0.2, -0.15) is 0 Å². The highest BCUT2D eigenvalue weighted by molar-refractivity contribution is 9.10. The Bertz CT molecular complexity index is 539. The Morgan fingerprint density at radius 1 is 1.18 bits per heavy atom. The van der Waals surface area contributed by atoms with E-state index in [0.29, 0.717) is 5.69 Å². The number of halogens is 1. The SMILES string of the molecule is Cc1ccc(C(O)c2ncccc2Br)cc1C. The Labute approximate surface area is 109 Å². The summed E-state index contributed by atoms with van der Waals surface area (Å²) in [6.07, 6.45) is 0.995. The second kappa shape index (κ2) is 4.98. The van der Waals surface area contributed by atoms with Crippen molar-refractivity contribution in [3.8, 4) is 0 Å². The summed E-state index contributed by atoms with van der Waals surface area (Å²) in [5.74, 6) is 0. The first kappa shape index (κ1) is 12.3. The Balaban J connectivity index is 2.40. The van der Waals surface area contributed by atoms with Gasteiger partial charge in [-0.25, -0.2) is 0 Å². The normalized spacial score (nSPS) is 12.5. The summed E-state index contributed by atoms with van der Waals surface area (Å²) >= 11 is 3.40. The minimum atomic E-state index is -0.690. The largest absolute Gasteiger partial charge is 0.382 e. The number of pyridine rings is 1. The van der Waals surface area contributed by atoms with Crippen LogP contribution in [0.2, 0.25) is 0 Å². The van der Waals surface area contributed by atoms with Gasteiger partial charge < -0.3 is 5.11 Å². The Morgan fingerprint density at radius 3 is 2.59 bits per heavy atom. The Hall–Kier alpha value is -1.19. The van der Waals surface area contributed by atoms with Crippen LogP contribution in [0.5, 0.6) is 0 Å². The van der Waals surface area contributed by atoms with Gasteiger partial charge in [-0.05, 0) is 58.6 Å². The van der Waals surface area contributed by atoms with Gasteiger partial charge in [0.15, 0.2) is 0 Å². The zero-order chi connectivity index (χ0) is 12.4. The Morgan fingerprint density at radius 2 is 1.94 bits per heavy atom. The molecule has 0 saturated carbocycles. The average molecular weight is 292 g/mol. The molecule has 0 aliphatic carbocycles. The number of aryl methyl sites for hydroxylation is 2. The summed E-state index contributed by atoms with van der Waals surface area (Å²) in [5.41, 5.74) is 3.91. The van der Waals surface area contributed by atoms with Gasteiger partial charge in [-0.3, -0.25) is 4.98 Å². The highest BCUT2D eigenvalue weighted by Crippen LogP contribution is 2.27. The van der Waals surface area contributed by atoms with Gasteiger partial charge >= 0.3 is 0 Å². The molecule has 0 radical (unpaired) electrons. The number of aliphatic hydroxyl groups is 1. The van der Waals surface area contributed by atoms with E-state index in [1.807, 2.05) is 37.3 Å². The first-order valence-corrected chi connectivity index (χ1v) is 6.24. The van der Waals surface area contributed by atoms with E-state index in [4.69, 9.17) is 0 Å². The minimum absolute atomic E-state index is 0.649. The van der Waals surface area contributed by atoms with E-state index in [1.165, 1.54) is 11.1 Å². The molecular weight excluding hydrogens is 278 g/mol. The lowest BCUT2D eigenvalue weighted by Gasteiger charge is -2.13. The van der Waals surface area contributed by atoms with Crippen LogP contribution in [-0.2, 0) is 0 Å². The predicted octanol–water partition coefficient (Wildman–Crippen LogP) is 3.54. The lowest BCUT2D eigenvalue weighted by atomic mass is 10.0. The molecule has 0 aliphatic rings. The van der Waals surface area contributed by atoms with Crippen LogP contribution in [0, 0.1) is 13.8 Å². The van der Waals surface area contributed by atoms with Crippen molar-refractivity contribution in [1.82, 2.24) is 4.98 Å². The number of nitrogens with zero attached hydrogens (tertiary/aromatic N) is 1. The molecule has 0 saturated heterocycles. The molecule has 0 spiro atoms. The first-order chi connectivity index (χ1) is 8.09. The van der Waals surface area contributed by atoms with Gasteiger partial charge in [0.25, 0.3) is 0 Å². The molecule has 1 aromatic carbocycles. The van der Waals surface area contributed by atoms with E-state index in [-0.39, 0.29) is 0 Å². The van der Waals surface area contributed by atoms with Crippen LogP contribution in [0.1, 0.15) is 28.5 Å². The third-order valence-electron chi connectivity index (χ3n) is 2.89.